The maximum Gasteiger partial charge on any atom is 0.161 e. The number of rotatable bonds is 8. The van der Waals surface area contributed by atoms with Gasteiger partial charge in [-0.1, -0.05) is 43.0 Å². The molecule has 128 valence electrons. The Morgan fingerprint density at radius 1 is 1.20 bits per heavy atom. The lowest BCUT2D eigenvalue weighted by Crippen LogP contribution is -2.08. The summed E-state index contributed by atoms with van der Waals surface area (Å²) in [6, 6.07) is 14.2. The number of nitrogens with one attached hydrogen (secondary N) is 1. The summed E-state index contributed by atoms with van der Waals surface area (Å²) in [6.45, 7) is 3.97. The Kier molecular flexibility index (Phi) is 6.65. The molecule has 0 atom stereocenters. The van der Waals surface area contributed by atoms with E-state index in [9.17, 15) is 4.79 Å². The zero-order valence-corrected chi connectivity index (χ0v) is 14.5. The van der Waals surface area contributed by atoms with Crippen molar-refractivity contribution in [3.8, 4) is 0 Å². The third kappa shape index (κ3) is 6.06. The normalized spacial score (nSPS) is 11.4. The fourth-order valence-electron chi connectivity index (χ4n) is 2.20. The third-order valence-electron chi connectivity index (χ3n) is 3.32. The molecule has 0 fully saturated rings. The van der Waals surface area contributed by atoms with Gasteiger partial charge in [0.1, 0.15) is 11.5 Å². The summed E-state index contributed by atoms with van der Waals surface area (Å²) in [5.74, 6) is 0.674. The van der Waals surface area contributed by atoms with Gasteiger partial charge < -0.3 is 10.2 Å². The molecule has 0 bridgehead atoms. The zero-order chi connectivity index (χ0) is 18.1. The van der Waals surface area contributed by atoms with E-state index in [1.165, 1.54) is 11.8 Å². The van der Waals surface area contributed by atoms with Gasteiger partial charge in [-0.25, -0.2) is 9.98 Å². The fourth-order valence-corrected chi connectivity index (χ4v) is 2.20. The van der Waals surface area contributed by atoms with Crippen LogP contribution in [0.5, 0.6) is 0 Å². The van der Waals surface area contributed by atoms with E-state index in [1.807, 2.05) is 55.5 Å². The molecule has 1 N–H and O–H groups in total. The van der Waals surface area contributed by atoms with Crippen LogP contribution in [-0.2, 0) is 11.2 Å². The molecule has 1 heterocycles. The highest BCUT2D eigenvalue weighted by Crippen LogP contribution is 2.15. The average molecular weight is 334 g/mol. The van der Waals surface area contributed by atoms with Crippen molar-refractivity contribution in [2.45, 2.75) is 6.42 Å². The van der Waals surface area contributed by atoms with Crippen LogP contribution in [0.2, 0.25) is 0 Å². The second-order valence-electron chi connectivity index (χ2n) is 5.71. The lowest BCUT2D eigenvalue weighted by molar-refractivity contribution is -0.102. The van der Waals surface area contributed by atoms with E-state index in [0.29, 0.717) is 23.5 Å². The number of pyridine rings is 1. The van der Waals surface area contributed by atoms with Crippen LogP contribution in [0.4, 0.5) is 5.82 Å². The van der Waals surface area contributed by atoms with Gasteiger partial charge in [0.2, 0.25) is 0 Å². The van der Waals surface area contributed by atoms with Crippen molar-refractivity contribution in [1.82, 2.24) is 9.88 Å². The minimum absolute atomic E-state index is 0.562. The molecule has 0 saturated carbocycles. The molecule has 1 aromatic heterocycles. The highest BCUT2D eigenvalue weighted by atomic mass is 16.1. The Balaban J connectivity index is 2.05. The van der Waals surface area contributed by atoms with Crippen LogP contribution >= 0.6 is 0 Å². The molecule has 0 aliphatic rings. The van der Waals surface area contributed by atoms with Crippen molar-refractivity contribution in [3.05, 3.63) is 84.0 Å². The largest absolute Gasteiger partial charge is 0.382 e. The van der Waals surface area contributed by atoms with Crippen LogP contribution in [0.25, 0.3) is 0 Å². The van der Waals surface area contributed by atoms with Crippen molar-refractivity contribution < 1.29 is 4.79 Å². The highest BCUT2D eigenvalue weighted by Gasteiger charge is 2.04. The second-order valence-corrected chi connectivity index (χ2v) is 5.71. The molecule has 2 rings (SSSR count). The molecular formula is C20H22N4O. The van der Waals surface area contributed by atoms with Gasteiger partial charge in [-0.3, -0.25) is 4.79 Å². The lowest BCUT2D eigenvalue weighted by Gasteiger charge is -2.12. The SMILES string of the molecule is C=C(Nc1ccc(Cc2ccccc2)cn1)C(=C/N(C)C)/N=C\C=O. The highest BCUT2D eigenvalue weighted by molar-refractivity contribution is 6.13. The number of aromatic nitrogens is 1. The number of aldehydes is 1. The van der Waals surface area contributed by atoms with Gasteiger partial charge >= 0.3 is 0 Å². The molecule has 2 aromatic rings. The molecule has 0 unspecified atom stereocenters. The first-order chi connectivity index (χ1) is 12.1. The molecule has 25 heavy (non-hydrogen) atoms. The number of aliphatic imine (C=N–C) groups is 1. The Morgan fingerprint density at radius 2 is 1.96 bits per heavy atom. The van der Waals surface area contributed by atoms with Gasteiger partial charge in [-0.05, 0) is 23.6 Å². The predicted molar refractivity (Wildman–Crippen MR) is 103 cm³/mol. The lowest BCUT2D eigenvalue weighted by atomic mass is 10.1. The maximum absolute atomic E-state index is 10.5. The van der Waals surface area contributed by atoms with Gasteiger partial charge in [0, 0.05) is 26.5 Å². The van der Waals surface area contributed by atoms with E-state index in [4.69, 9.17) is 0 Å². The molecule has 0 radical (unpaired) electrons. The number of carbonyl (C=O) groups excluding carboxylic acids is 1. The molecule has 0 aliphatic carbocycles. The standard InChI is InChI=1S/C20H22N4O/c1-16(19(15-24(2)3)21-11-12-25)23-20-10-9-18(14-22-20)13-17-7-5-4-6-8-17/h4-12,14-15H,1,13H2,2-3H3,(H,22,23)/b19-15-,21-11-. The van der Waals surface area contributed by atoms with Crippen molar-refractivity contribution in [3.63, 3.8) is 0 Å². The van der Waals surface area contributed by atoms with Crippen LogP contribution in [0.15, 0.2) is 77.8 Å². The van der Waals surface area contributed by atoms with Crippen molar-refractivity contribution in [2.75, 3.05) is 19.4 Å². The van der Waals surface area contributed by atoms with Gasteiger partial charge in [0.05, 0.1) is 11.9 Å². The number of hydrogen-bond acceptors (Lipinski definition) is 5. The summed E-state index contributed by atoms with van der Waals surface area (Å²) < 4.78 is 0. The van der Waals surface area contributed by atoms with Gasteiger partial charge in [0.25, 0.3) is 0 Å². The Bertz CT molecular complexity index is 762. The van der Waals surface area contributed by atoms with E-state index in [1.54, 1.807) is 6.20 Å². The first kappa shape index (κ1) is 18.1. The van der Waals surface area contributed by atoms with Gasteiger partial charge in [-0.15, -0.1) is 0 Å². The summed E-state index contributed by atoms with van der Waals surface area (Å²) in [6.07, 6.45) is 6.28. The van der Waals surface area contributed by atoms with E-state index < -0.39 is 0 Å². The molecule has 1 aromatic carbocycles. The summed E-state index contributed by atoms with van der Waals surface area (Å²) in [4.78, 5) is 20.9. The number of benzene rings is 1. The maximum atomic E-state index is 10.5. The van der Waals surface area contributed by atoms with E-state index in [-0.39, 0.29) is 0 Å². The second kappa shape index (κ2) is 9.17. The summed E-state index contributed by atoms with van der Waals surface area (Å²) in [5.41, 5.74) is 3.50. The van der Waals surface area contributed by atoms with Crippen LogP contribution in [0.1, 0.15) is 11.1 Å². The summed E-state index contributed by atoms with van der Waals surface area (Å²) in [7, 11) is 3.75. The first-order valence-electron chi connectivity index (χ1n) is 7.89. The van der Waals surface area contributed by atoms with Crippen molar-refractivity contribution >= 4 is 18.3 Å². The molecule has 0 amide bonds. The smallest absolute Gasteiger partial charge is 0.161 e. The number of hydrogen-bond donors (Lipinski definition) is 1. The monoisotopic (exact) mass is 334 g/mol. The van der Waals surface area contributed by atoms with Crippen LogP contribution in [0, 0.1) is 0 Å². The van der Waals surface area contributed by atoms with E-state index in [0.717, 1.165) is 12.0 Å². The molecule has 5 nitrogen and oxygen atoms in total. The molecular weight excluding hydrogens is 312 g/mol. The van der Waals surface area contributed by atoms with Crippen molar-refractivity contribution in [1.29, 1.82) is 0 Å². The topological polar surface area (TPSA) is 57.6 Å². The Morgan fingerprint density at radius 3 is 2.56 bits per heavy atom. The van der Waals surface area contributed by atoms with Crippen molar-refractivity contribution in [2.24, 2.45) is 4.99 Å². The molecule has 0 aliphatic heterocycles. The van der Waals surface area contributed by atoms with Gasteiger partial charge in [-0.2, -0.15) is 0 Å². The number of carbonyl (C=O) groups is 1. The third-order valence-corrected chi connectivity index (χ3v) is 3.32. The van der Waals surface area contributed by atoms with Gasteiger partial charge in [0.15, 0.2) is 6.29 Å². The quantitative estimate of drug-likeness (QED) is 0.457. The van der Waals surface area contributed by atoms with Crippen LogP contribution < -0.4 is 5.32 Å². The first-order valence-corrected chi connectivity index (χ1v) is 7.89. The summed E-state index contributed by atoms with van der Waals surface area (Å²) in [5, 5.41) is 3.12. The molecule has 5 heteroatoms. The minimum atomic E-state index is 0.562. The predicted octanol–water partition coefficient (Wildman–Crippen LogP) is 3.27. The number of anilines is 1. The molecule has 0 spiro atoms. The fraction of sp³-hybridized carbons (Fsp3) is 0.150. The zero-order valence-electron chi connectivity index (χ0n) is 14.5. The van der Waals surface area contributed by atoms with E-state index >= 15 is 0 Å². The van der Waals surface area contributed by atoms with Crippen LogP contribution in [-0.4, -0.2) is 36.5 Å². The number of nitrogens with zero attached hydrogens (tertiary/aromatic N) is 3. The average Bonchev–Trinajstić information content (AvgIpc) is 2.61. The Hall–Kier alpha value is -3.21. The Labute approximate surface area is 148 Å². The minimum Gasteiger partial charge on any atom is -0.382 e. The van der Waals surface area contributed by atoms with E-state index in [2.05, 4.69) is 34.0 Å². The van der Waals surface area contributed by atoms with Crippen LogP contribution in [0.3, 0.4) is 0 Å². The summed E-state index contributed by atoms with van der Waals surface area (Å²) >= 11 is 0. The molecule has 0 saturated heterocycles.